The van der Waals surface area contributed by atoms with Crippen LogP contribution in [0.4, 0.5) is 8.78 Å². The second kappa shape index (κ2) is 6.10. The normalized spacial score (nSPS) is 20.2. The van der Waals surface area contributed by atoms with E-state index in [2.05, 4.69) is 13.8 Å². The zero-order chi connectivity index (χ0) is 15.6. The lowest BCUT2D eigenvalue weighted by molar-refractivity contribution is -0.132. The number of hydrogen-bond acceptors (Lipinski definition) is 2. The number of amides is 1. The third kappa shape index (κ3) is 3.79. The zero-order valence-electron chi connectivity index (χ0n) is 12.4. The van der Waals surface area contributed by atoms with Crippen molar-refractivity contribution in [2.75, 3.05) is 13.1 Å². The van der Waals surface area contributed by atoms with E-state index < -0.39 is 17.7 Å². The zero-order valence-corrected chi connectivity index (χ0v) is 12.4. The van der Waals surface area contributed by atoms with Crippen LogP contribution in [0.2, 0.25) is 0 Å². The molecule has 0 bridgehead atoms. The second-order valence-corrected chi connectivity index (χ2v) is 6.41. The number of benzene rings is 1. The lowest BCUT2D eigenvalue weighted by Gasteiger charge is -2.25. The maximum atomic E-state index is 13.7. The van der Waals surface area contributed by atoms with Gasteiger partial charge < -0.3 is 10.0 Å². The summed E-state index contributed by atoms with van der Waals surface area (Å²) in [6.07, 6.45) is 0.834. The highest BCUT2D eigenvalue weighted by Crippen LogP contribution is 2.31. The largest absolute Gasteiger partial charge is 0.386 e. The van der Waals surface area contributed by atoms with E-state index in [1.54, 1.807) is 4.90 Å². The Bertz CT molecular complexity index is 531. The van der Waals surface area contributed by atoms with Gasteiger partial charge in [-0.25, -0.2) is 8.78 Å². The molecule has 1 aliphatic heterocycles. The number of carbonyl (C=O) groups excluding carboxylic acids is 1. The molecule has 1 heterocycles. The molecular weight excluding hydrogens is 276 g/mol. The van der Waals surface area contributed by atoms with Crippen molar-refractivity contribution in [3.63, 3.8) is 0 Å². The van der Waals surface area contributed by atoms with Crippen molar-refractivity contribution in [3.8, 4) is 0 Å². The maximum Gasteiger partial charge on any atom is 0.222 e. The number of β-amino-alcohol motifs (C(OH)–C–C–N with tert-alkyl or cyclic N) is 1. The van der Waals surface area contributed by atoms with Crippen molar-refractivity contribution < 1.29 is 18.7 Å². The van der Waals surface area contributed by atoms with Crippen LogP contribution in [-0.4, -0.2) is 29.0 Å². The predicted octanol–water partition coefficient (Wildman–Crippen LogP) is 3.04. The minimum absolute atomic E-state index is 0.00468. The molecule has 0 spiro atoms. The summed E-state index contributed by atoms with van der Waals surface area (Å²) in [5.41, 5.74) is -0.0225. The number of aliphatic hydroxyl groups excluding tert-OH is 1. The van der Waals surface area contributed by atoms with E-state index in [1.165, 1.54) is 12.1 Å². The smallest absolute Gasteiger partial charge is 0.222 e. The van der Waals surface area contributed by atoms with Crippen LogP contribution < -0.4 is 0 Å². The highest BCUT2D eigenvalue weighted by Gasteiger charge is 2.29. The molecule has 1 unspecified atom stereocenters. The Hall–Kier alpha value is -1.49. The number of rotatable bonds is 3. The van der Waals surface area contributed by atoms with E-state index in [9.17, 15) is 18.7 Å². The molecule has 1 amide bonds. The Labute approximate surface area is 123 Å². The van der Waals surface area contributed by atoms with Gasteiger partial charge in [0.05, 0.1) is 12.6 Å². The van der Waals surface area contributed by atoms with Crippen molar-refractivity contribution in [3.05, 3.63) is 35.4 Å². The Morgan fingerprint density at radius 1 is 1.33 bits per heavy atom. The van der Waals surface area contributed by atoms with E-state index in [-0.39, 0.29) is 23.4 Å². The molecule has 0 aliphatic carbocycles. The first-order valence-corrected chi connectivity index (χ1v) is 7.20. The number of hydrogen-bond donors (Lipinski definition) is 1. The first-order chi connectivity index (χ1) is 9.80. The monoisotopic (exact) mass is 297 g/mol. The van der Waals surface area contributed by atoms with Crippen LogP contribution in [0.5, 0.6) is 0 Å². The molecule has 1 aliphatic rings. The van der Waals surface area contributed by atoms with Crippen molar-refractivity contribution >= 4 is 5.91 Å². The summed E-state index contributed by atoms with van der Waals surface area (Å²) in [7, 11) is 0. The van der Waals surface area contributed by atoms with Gasteiger partial charge in [-0.2, -0.15) is 0 Å². The molecule has 5 heteroatoms. The van der Waals surface area contributed by atoms with Crippen LogP contribution >= 0.6 is 0 Å². The van der Waals surface area contributed by atoms with Crippen LogP contribution in [0.1, 0.15) is 44.8 Å². The summed E-state index contributed by atoms with van der Waals surface area (Å²) >= 11 is 0. The van der Waals surface area contributed by atoms with Gasteiger partial charge in [0.15, 0.2) is 11.6 Å². The SMILES string of the molecule is CC1(C)CCC(=O)N(CC(O)c2cccc(F)c2F)CC1. The molecule has 21 heavy (non-hydrogen) atoms. The minimum Gasteiger partial charge on any atom is -0.386 e. The topological polar surface area (TPSA) is 40.5 Å². The first kappa shape index (κ1) is 15.9. The van der Waals surface area contributed by atoms with Gasteiger partial charge in [0.25, 0.3) is 0 Å². The van der Waals surface area contributed by atoms with E-state index in [0.717, 1.165) is 18.9 Å². The summed E-state index contributed by atoms with van der Waals surface area (Å²) in [4.78, 5) is 13.6. The molecule has 1 atom stereocenters. The van der Waals surface area contributed by atoms with Gasteiger partial charge in [-0.15, -0.1) is 0 Å². The van der Waals surface area contributed by atoms with Crippen LogP contribution in [0, 0.1) is 17.0 Å². The second-order valence-electron chi connectivity index (χ2n) is 6.41. The van der Waals surface area contributed by atoms with Crippen molar-refractivity contribution in [2.24, 2.45) is 5.41 Å². The Balaban J connectivity index is 2.09. The molecule has 2 rings (SSSR count). The minimum atomic E-state index is -1.22. The van der Waals surface area contributed by atoms with Gasteiger partial charge in [0.1, 0.15) is 0 Å². The molecule has 1 saturated heterocycles. The molecular formula is C16H21F2NO2. The summed E-state index contributed by atoms with van der Waals surface area (Å²) in [6.45, 7) is 4.73. The molecule has 3 nitrogen and oxygen atoms in total. The van der Waals surface area contributed by atoms with E-state index in [4.69, 9.17) is 0 Å². The third-order valence-electron chi connectivity index (χ3n) is 4.16. The number of halogens is 2. The maximum absolute atomic E-state index is 13.7. The van der Waals surface area contributed by atoms with Crippen LogP contribution in [0.15, 0.2) is 18.2 Å². The standard InChI is InChI=1S/C16H21F2NO2/c1-16(2)7-6-14(21)19(9-8-16)10-13(20)11-4-3-5-12(17)15(11)18/h3-5,13,20H,6-10H2,1-2H3. The van der Waals surface area contributed by atoms with E-state index in [1.807, 2.05) is 0 Å². The Kier molecular flexibility index (Phi) is 4.61. The van der Waals surface area contributed by atoms with Gasteiger partial charge in [-0.05, 0) is 24.3 Å². The van der Waals surface area contributed by atoms with Crippen molar-refractivity contribution in [2.45, 2.75) is 39.2 Å². The van der Waals surface area contributed by atoms with Crippen molar-refractivity contribution in [1.82, 2.24) is 4.90 Å². The molecule has 1 aromatic carbocycles. The summed E-state index contributed by atoms with van der Waals surface area (Å²) in [5.74, 6) is -2.08. The number of carbonyl (C=O) groups is 1. The van der Waals surface area contributed by atoms with Crippen molar-refractivity contribution in [1.29, 1.82) is 0 Å². The molecule has 116 valence electrons. The average molecular weight is 297 g/mol. The van der Waals surface area contributed by atoms with Crippen LogP contribution in [-0.2, 0) is 4.79 Å². The summed E-state index contributed by atoms with van der Waals surface area (Å²) < 4.78 is 26.9. The number of aliphatic hydroxyl groups is 1. The molecule has 1 N–H and O–H groups in total. The molecule has 0 aromatic heterocycles. The fourth-order valence-electron chi connectivity index (χ4n) is 2.57. The number of likely N-dealkylation sites (tertiary alicyclic amines) is 1. The Morgan fingerprint density at radius 3 is 2.76 bits per heavy atom. The van der Waals surface area contributed by atoms with Crippen LogP contribution in [0.3, 0.4) is 0 Å². The Morgan fingerprint density at radius 2 is 2.05 bits per heavy atom. The average Bonchev–Trinajstić information content (AvgIpc) is 2.55. The summed E-state index contributed by atoms with van der Waals surface area (Å²) in [6, 6.07) is 3.70. The third-order valence-corrected chi connectivity index (χ3v) is 4.16. The fourth-order valence-corrected chi connectivity index (χ4v) is 2.57. The van der Waals surface area contributed by atoms with Gasteiger partial charge >= 0.3 is 0 Å². The quantitative estimate of drug-likeness (QED) is 0.931. The molecule has 1 aromatic rings. The van der Waals surface area contributed by atoms with Crippen LogP contribution in [0.25, 0.3) is 0 Å². The lowest BCUT2D eigenvalue weighted by Crippen LogP contribution is -2.34. The molecule has 0 radical (unpaired) electrons. The highest BCUT2D eigenvalue weighted by molar-refractivity contribution is 5.76. The van der Waals surface area contributed by atoms with Gasteiger partial charge in [-0.3, -0.25) is 4.79 Å². The highest BCUT2D eigenvalue weighted by atomic mass is 19.2. The van der Waals surface area contributed by atoms with E-state index in [0.29, 0.717) is 13.0 Å². The van der Waals surface area contributed by atoms with E-state index >= 15 is 0 Å². The molecule has 0 saturated carbocycles. The molecule has 1 fully saturated rings. The summed E-state index contributed by atoms with van der Waals surface area (Å²) in [5, 5.41) is 10.1. The van der Waals surface area contributed by atoms with Gasteiger partial charge in [0.2, 0.25) is 5.91 Å². The fraction of sp³-hybridized carbons (Fsp3) is 0.562. The number of nitrogens with zero attached hydrogens (tertiary/aromatic N) is 1. The first-order valence-electron chi connectivity index (χ1n) is 7.20. The van der Waals surface area contributed by atoms with Gasteiger partial charge in [-0.1, -0.05) is 26.0 Å². The van der Waals surface area contributed by atoms with Gasteiger partial charge in [0, 0.05) is 18.5 Å². The lowest BCUT2D eigenvalue weighted by atomic mass is 9.85. The predicted molar refractivity (Wildman–Crippen MR) is 75.5 cm³/mol.